The third-order valence-electron chi connectivity index (χ3n) is 6.02. The zero-order chi connectivity index (χ0) is 31.8. The van der Waals surface area contributed by atoms with Crippen LogP contribution >= 0.6 is 0 Å². The molecule has 6 nitrogen and oxygen atoms in total. The second-order valence-electron chi connectivity index (χ2n) is 9.25. The smallest absolute Gasteiger partial charge is 0.434 e. The summed E-state index contributed by atoms with van der Waals surface area (Å²) < 4.78 is 159. The van der Waals surface area contributed by atoms with Gasteiger partial charge in [0.05, 0.1) is 18.8 Å². The maximum Gasteiger partial charge on any atom is 0.460 e. The molecule has 0 spiro atoms. The molecule has 0 amide bonds. The normalized spacial score (nSPS) is 17.6. The number of carbonyl (C=O) groups excluding carboxylic acids is 1. The topological polar surface area (TPSA) is 113 Å². The van der Waals surface area contributed by atoms with Crippen LogP contribution in [0.25, 0.3) is 0 Å². The predicted molar refractivity (Wildman–Crippen MR) is 114 cm³/mol. The third-order valence-corrected chi connectivity index (χ3v) is 6.02. The van der Waals surface area contributed by atoms with Crippen LogP contribution < -0.4 is 5.73 Å². The van der Waals surface area contributed by atoms with Crippen molar-refractivity contribution >= 4 is 5.97 Å². The lowest BCUT2D eigenvalue weighted by molar-refractivity contribution is -0.406. The van der Waals surface area contributed by atoms with Gasteiger partial charge < -0.3 is 25.8 Å². The molecular weight excluding hydrogens is 586 g/mol. The van der Waals surface area contributed by atoms with Crippen molar-refractivity contribution in [1.82, 2.24) is 0 Å². The van der Waals surface area contributed by atoms with Crippen molar-refractivity contribution in [1.29, 1.82) is 0 Å². The Hall–Kier alpha value is -1.79. The Bertz CT molecular complexity index is 806. The van der Waals surface area contributed by atoms with E-state index in [-0.39, 0.29) is 25.7 Å². The van der Waals surface area contributed by atoms with Gasteiger partial charge in [0, 0.05) is 0 Å². The molecule has 0 saturated carbocycles. The number of rotatable bonds is 18. The Balaban J connectivity index is 4.58. The molecule has 0 aromatic carbocycles. The first kappa shape index (κ1) is 38.2. The molecule has 0 heterocycles. The lowest BCUT2D eigenvalue weighted by Gasteiger charge is -2.35. The monoisotopic (exact) mass is 617 g/mol. The van der Waals surface area contributed by atoms with E-state index in [0.717, 1.165) is 0 Å². The quantitative estimate of drug-likeness (QED) is 0.0711. The number of aliphatic hydroxyl groups excluding tert-OH is 3. The maximum atomic E-state index is 13.6. The number of hydrogen-bond donors (Lipinski definition) is 4. The van der Waals surface area contributed by atoms with E-state index >= 15 is 0 Å². The number of carbonyl (C=O) groups is 1. The highest BCUT2D eigenvalue weighted by atomic mass is 19.4. The van der Waals surface area contributed by atoms with Gasteiger partial charge in [-0.3, -0.25) is 0 Å². The van der Waals surface area contributed by atoms with Gasteiger partial charge in [-0.05, 0) is 12.8 Å². The highest BCUT2D eigenvalue weighted by molar-refractivity contribution is 5.82. The third kappa shape index (κ3) is 9.65. The van der Waals surface area contributed by atoms with Crippen LogP contribution in [-0.2, 0) is 9.53 Å². The molecule has 18 heteroatoms. The van der Waals surface area contributed by atoms with Crippen molar-refractivity contribution in [2.75, 3.05) is 0 Å². The van der Waals surface area contributed by atoms with Gasteiger partial charge >= 0.3 is 36.1 Å². The van der Waals surface area contributed by atoms with Gasteiger partial charge in [0.15, 0.2) is 5.54 Å². The Morgan fingerprint density at radius 3 is 1.57 bits per heavy atom. The van der Waals surface area contributed by atoms with Crippen LogP contribution in [-0.4, -0.2) is 75.3 Å². The van der Waals surface area contributed by atoms with Crippen LogP contribution in [0.3, 0.4) is 0 Å². The number of halogens is 12. The first-order chi connectivity index (χ1) is 17.9. The first-order valence-corrected chi connectivity index (χ1v) is 11.8. The van der Waals surface area contributed by atoms with Gasteiger partial charge in [-0.2, -0.15) is 52.7 Å². The lowest BCUT2D eigenvalue weighted by Crippen LogP contribution is -2.64. The summed E-state index contributed by atoms with van der Waals surface area (Å²) in [5, 5.41) is 29.4. The van der Waals surface area contributed by atoms with Crippen molar-refractivity contribution < 1.29 is 77.5 Å². The highest BCUT2D eigenvalue weighted by Crippen LogP contribution is 2.54. The zero-order valence-electron chi connectivity index (χ0n) is 20.9. The number of aliphatic hydroxyl groups is 3. The maximum absolute atomic E-state index is 13.6. The summed E-state index contributed by atoms with van der Waals surface area (Å²) >= 11 is 0. The number of alkyl halides is 12. The minimum absolute atomic E-state index is 0.00569. The predicted octanol–water partition coefficient (Wildman–Crippen LogP) is 5.38. The average molecular weight is 617 g/mol. The number of unbranched alkanes of at least 4 members (excludes halogenated alkanes) is 6. The van der Waals surface area contributed by atoms with Gasteiger partial charge in [-0.1, -0.05) is 51.5 Å². The molecule has 0 fully saturated rings. The van der Waals surface area contributed by atoms with Crippen molar-refractivity contribution in [2.24, 2.45) is 5.73 Å². The first-order valence-electron chi connectivity index (χ1n) is 11.8. The fourth-order valence-electron chi connectivity index (χ4n) is 3.67. The molecule has 0 aliphatic heterocycles. The van der Waals surface area contributed by atoms with Gasteiger partial charge in [-0.15, -0.1) is 0 Å². The highest BCUT2D eigenvalue weighted by Gasteiger charge is 2.82. The zero-order valence-corrected chi connectivity index (χ0v) is 20.9. The largest absolute Gasteiger partial charge is 0.460 e. The van der Waals surface area contributed by atoms with Gasteiger partial charge in [0.1, 0.15) is 12.2 Å². The van der Waals surface area contributed by atoms with E-state index in [1.54, 1.807) is 0 Å². The molecular formula is C22H31F12NO5. The minimum atomic E-state index is -7.09. The van der Waals surface area contributed by atoms with Crippen LogP contribution in [0.4, 0.5) is 52.7 Å². The number of ether oxygens (including phenoxy) is 1. The van der Waals surface area contributed by atoms with Crippen LogP contribution in [0.5, 0.6) is 0 Å². The molecule has 0 aromatic heterocycles. The Kier molecular flexibility index (Phi) is 13.8. The van der Waals surface area contributed by atoms with E-state index in [9.17, 15) is 72.8 Å². The molecule has 4 unspecified atom stereocenters. The Morgan fingerprint density at radius 1 is 0.750 bits per heavy atom. The fraction of sp³-hybridized carbons (Fsp3) is 0.864. The lowest BCUT2D eigenvalue weighted by atomic mass is 9.84. The summed E-state index contributed by atoms with van der Waals surface area (Å²) in [6, 6.07) is 0. The van der Waals surface area contributed by atoms with Crippen molar-refractivity contribution in [2.45, 2.75) is 118 Å². The summed E-state index contributed by atoms with van der Waals surface area (Å²) in [7, 11) is 0. The van der Waals surface area contributed by atoms with E-state index in [1.165, 1.54) is 0 Å². The summed E-state index contributed by atoms with van der Waals surface area (Å²) in [6.07, 6.45) is -21.8. The molecule has 0 aromatic rings. The molecule has 238 valence electrons. The van der Waals surface area contributed by atoms with E-state index in [0.29, 0.717) is 25.5 Å². The Labute approximate surface area is 221 Å². The van der Waals surface area contributed by atoms with E-state index in [2.05, 4.69) is 11.3 Å². The molecule has 0 aliphatic rings. The van der Waals surface area contributed by atoms with E-state index in [1.807, 2.05) is 0 Å². The minimum Gasteiger partial charge on any atom is -0.434 e. The van der Waals surface area contributed by atoms with Crippen molar-refractivity contribution in [3.05, 3.63) is 12.8 Å². The van der Waals surface area contributed by atoms with Crippen molar-refractivity contribution in [3.63, 3.8) is 0 Å². The van der Waals surface area contributed by atoms with E-state index < -0.39 is 79.2 Å². The van der Waals surface area contributed by atoms with E-state index in [4.69, 9.17) is 5.73 Å². The number of hydrogen-bond acceptors (Lipinski definition) is 6. The van der Waals surface area contributed by atoms with Gasteiger partial charge in [-0.25, -0.2) is 4.79 Å². The molecule has 0 rings (SSSR count). The summed E-state index contributed by atoms with van der Waals surface area (Å²) in [6.45, 7) is 2.99. The van der Waals surface area contributed by atoms with Crippen LogP contribution in [0, 0.1) is 0 Å². The average Bonchev–Trinajstić information content (AvgIpc) is 2.79. The number of esters is 1. The second-order valence-corrected chi connectivity index (χ2v) is 9.25. The van der Waals surface area contributed by atoms with Crippen LogP contribution in [0.15, 0.2) is 12.8 Å². The fourth-order valence-corrected chi connectivity index (χ4v) is 3.67. The second kappa shape index (κ2) is 14.4. The molecule has 0 bridgehead atoms. The summed E-state index contributed by atoms with van der Waals surface area (Å²) in [5.41, 5.74) is 2.39. The SMILES string of the molecule is C=COC(=O)C(N)(CC(F)(F)F)C(O)C(O)CCCCCCCCCC(O)C(F)(F)C(F)(F)C(F)(F)C(F)(F)F. The summed E-state index contributed by atoms with van der Waals surface area (Å²) in [5.74, 6) is -21.8. The number of nitrogens with two attached hydrogens (primary N) is 1. The van der Waals surface area contributed by atoms with Crippen molar-refractivity contribution in [3.8, 4) is 0 Å². The van der Waals surface area contributed by atoms with Gasteiger partial charge in [0.25, 0.3) is 0 Å². The molecule has 4 atom stereocenters. The molecule has 0 saturated heterocycles. The standard InChI is InChI=1S/C22H31F12NO5/c1-2-40-16(39)17(35,12-18(23,24)25)15(38)13(36)10-8-6-4-3-5-7-9-11-14(37)19(26,27)20(28,29)21(30,31)22(32,33)34/h2,13-15,36-38H,1,3-12,35H2. The van der Waals surface area contributed by atoms with Crippen LogP contribution in [0.2, 0.25) is 0 Å². The Morgan fingerprint density at radius 2 is 1.18 bits per heavy atom. The van der Waals surface area contributed by atoms with Crippen LogP contribution in [0.1, 0.15) is 64.2 Å². The van der Waals surface area contributed by atoms with Gasteiger partial charge in [0.2, 0.25) is 0 Å². The molecule has 5 N–H and O–H groups in total. The summed E-state index contributed by atoms with van der Waals surface area (Å²) in [4.78, 5) is 11.9. The molecule has 40 heavy (non-hydrogen) atoms. The molecule has 0 aliphatic carbocycles. The molecule has 0 radical (unpaired) electrons.